The van der Waals surface area contributed by atoms with E-state index in [1.807, 2.05) is 18.2 Å². The molecule has 0 atom stereocenters. The van der Waals surface area contributed by atoms with E-state index in [0.29, 0.717) is 22.7 Å². The normalized spacial score (nSPS) is 9.43. The molecule has 5 nitrogen and oxygen atoms in total. The van der Waals surface area contributed by atoms with Gasteiger partial charge in [0.2, 0.25) is 6.41 Å². The van der Waals surface area contributed by atoms with Crippen molar-refractivity contribution in [1.82, 2.24) is 5.43 Å². The van der Waals surface area contributed by atoms with Crippen molar-refractivity contribution in [2.24, 2.45) is 5.84 Å². The second-order valence-corrected chi connectivity index (χ2v) is 4.87. The molecule has 0 aromatic heterocycles. The molecule has 4 N–H and O–H groups in total. The monoisotopic (exact) mass is 339 g/mol. The summed E-state index contributed by atoms with van der Waals surface area (Å²) >= 11 is 6.11. The minimum Gasteiger partial charge on any atom is -0.485 e. The Balaban J connectivity index is 0.000000593. The second-order valence-electron chi connectivity index (χ2n) is 4.46. The summed E-state index contributed by atoms with van der Waals surface area (Å²) in [5.74, 6) is 4.76. The summed E-state index contributed by atoms with van der Waals surface area (Å²) in [5.41, 5.74) is 3.96. The molecule has 2 rings (SSSR count). The predicted octanol–water partition coefficient (Wildman–Crippen LogP) is 3.01. The summed E-state index contributed by atoms with van der Waals surface area (Å²) in [6.07, 6.45) is 0.403. The van der Waals surface area contributed by atoms with E-state index in [0.717, 1.165) is 11.3 Å². The van der Waals surface area contributed by atoms with Gasteiger partial charge in [-0.2, -0.15) is 0 Å². The Kier molecular flexibility index (Phi) is 7.87. The third kappa shape index (κ3) is 5.43. The number of rotatable bonds is 5. The van der Waals surface area contributed by atoms with Crippen molar-refractivity contribution < 1.29 is 13.9 Å². The van der Waals surface area contributed by atoms with E-state index >= 15 is 0 Å². The number of benzene rings is 2. The maximum atomic E-state index is 13.4. The van der Waals surface area contributed by atoms with Crippen molar-refractivity contribution in [3.63, 3.8) is 0 Å². The lowest BCUT2D eigenvalue weighted by Crippen LogP contribution is -2.18. The van der Waals surface area contributed by atoms with Gasteiger partial charge in [0.05, 0.1) is 10.7 Å². The minimum absolute atomic E-state index is 0.228. The molecule has 0 aliphatic carbocycles. The summed E-state index contributed by atoms with van der Waals surface area (Å²) in [7, 11) is 1.80. The highest BCUT2D eigenvalue weighted by molar-refractivity contribution is 6.32. The van der Waals surface area contributed by atoms with Gasteiger partial charge in [0, 0.05) is 7.05 Å². The third-order valence-electron chi connectivity index (χ3n) is 3.06. The number of halogens is 2. The van der Waals surface area contributed by atoms with Gasteiger partial charge in [-0.1, -0.05) is 29.8 Å². The minimum atomic E-state index is -0.228. The summed E-state index contributed by atoms with van der Waals surface area (Å²) in [4.78, 5) is 8.94. The highest BCUT2D eigenvalue weighted by atomic mass is 35.5. The van der Waals surface area contributed by atoms with Crippen LogP contribution in [-0.4, -0.2) is 13.5 Å². The zero-order chi connectivity index (χ0) is 17.2. The fraction of sp³-hybridized carbons (Fsp3) is 0.188. The van der Waals surface area contributed by atoms with E-state index in [1.165, 1.54) is 6.07 Å². The van der Waals surface area contributed by atoms with Gasteiger partial charge in [0.15, 0.2) is 5.75 Å². The molecule has 0 bridgehead atoms. The number of amides is 1. The molecule has 0 saturated heterocycles. The SMILES string of the molecule is CNc1cccc(Cl)c1OCc1cccc(F)c1C.NNC=O. The Morgan fingerprint density at radius 1 is 1.30 bits per heavy atom. The first-order valence-electron chi connectivity index (χ1n) is 6.78. The van der Waals surface area contributed by atoms with Crippen LogP contribution in [0.2, 0.25) is 5.02 Å². The number of carbonyl (C=O) groups is 1. The Morgan fingerprint density at radius 2 is 1.96 bits per heavy atom. The molecular formula is C16H19ClFN3O2. The number of hydrazine groups is 1. The van der Waals surface area contributed by atoms with Gasteiger partial charge < -0.3 is 10.1 Å². The van der Waals surface area contributed by atoms with Gasteiger partial charge in [-0.15, -0.1) is 0 Å². The van der Waals surface area contributed by atoms with Crippen molar-refractivity contribution in [2.45, 2.75) is 13.5 Å². The maximum Gasteiger partial charge on any atom is 0.221 e. The van der Waals surface area contributed by atoms with Gasteiger partial charge in [0.25, 0.3) is 0 Å². The average Bonchev–Trinajstić information content (AvgIpc) is 2.57. The van der Waals surface area contributed by atoms with Gasteiger partial charge in [-0.05, 0) is 36.2 Å². The molecule has 124 valence electrons. The average molecular weight is 340 g/mol. The molecule has 7 heteroatoms. The fourth-order valence-electron chi connectivity index (χ4n) is 1.81. The zero-order valence-corrected chi connectivity index (χ0v) is 13.7. The fourth-order valence-corrected chi connectivity index (χ4v) is 2.04. The van der Waals surface area contributed by atoms with Crippen molar-refractivity contribution in [2.75, 3.05) is 12.4 Å². The molecule has 0 heterocycles. The summed E-state index contributed by atoms with van der Waals surface area (Å²) in [6, 6.07) is 10.4. The van der Waals surface area contributed by atoms with Crippen LogP contribution >= 0.6 is 11.6 Å². The molecule has 23 heavy (non-hydrogen) atoms. The Bertz CT molecular complexity index is 653. The van der Waals surface area contributed by atoms with Crippen LogP contribution in [0.25, 0.3) is 0 Å². The van der Waals surface area contributed by atoms with Gasteiger partial charge in [0.1, 0.15) is 12.4 Å². The Hall–Kier alpha value is -2.31. The van der Waals surface area contributed by atoms with E-state index in [-0.39, 0.29) is 12.4 Å². The van der Waals surface area contributed by atoms with Crippen LogP contribution in [0.3, 0.4) is 0 Å². The molecule has 2 aromatic carbocycles. The lowest BCUT2D eigenvalue weighted by atomic mass is 10.1. The van der Waals surface area contributed by atoms with Crippen molar-refractivity contribution in [3.8, 4) is 5.75 Å². The number of nitrogens with two attached hydrogens (primary N) is 1. The number of nitrogens with one attached hydrogen (secondary N) is 2. The van der Waals surface area contributed by atoms with E-state index in [1.54, 1.807) is 31.5 Å². The van der Waals surface area contributed by atoms with E-state index < -0.39 is 0 Å². The number of hydrogen-bond acceptors (Lipinski definition) is 4. The lowest BCUT2D eigenvalue weighted by molar-refractivity contribution is -0.109. The Morgan fingerprint density at radius 3 is 2.57 bits per heavy atom. The van der Waals surface area contributed by atoms with Gasteiger partial charge >= 0.3 is 0 Å². The summed E-state index contributed by atoms with van der Waals surface area (Å²) in [6.45, 7) is 2.02. The smallest absolute Gasteiger partial charge is 0.221 e. The molecule has 0 unspecified atom stereocenters. The van der Waals surface area contributed by atoms with Crippen LogP contribution < -0.4 is 21.3 Å². The molecular weight excluding hydrogens is 321 g/mol. The van der Waals surface area contributed by atoms with Crippen molar-refractivity contribution in [3.05, 3.63) is 58.4 Å². The first-order valence-corrected chi connectivity index (χ1v) is 7.15. The van der Waals surface area contributed by atoms with Crippen LogP contribution in [0.4, 0.5) is 10.1 Å². The quantitative estimate of drug-likeness (QED) is 0.339. The van der Waals surface area contributed by atoms with Gasteiger partial charge in [-0.25, -0.2) is 10.2 Å². The zero-order valence-electron chi connectivity index (χ0n) is 12.9. The standard InChI is InChI=1S/C15H15ClFNO.CH4N2O/c1-10-11(5-3-7-13(10)17)9-19-15-12(16)6-4-8-14(15)18-2;2-3-1-4/h3-8,18H,9H2,1-2H3;1H,2H2,(H,3,4). The van der Waals surface area contributed by atoms with Crippen molar-refractivity contribution >= 4 is 23.7 Å². The number of hydrogen-bond donors (Lipinski definition) is 3. The molecule has 0 radical (unpaired) electrons. The molecule has 1 amide bonds. The highest BCUT2D eigenvalue weighted by Gasteiger charge is 2.09. The van der Waals surface area contributed by atoms with Crippen LogP contribution in [0, 0.1) is 12.7 Å². The van der Waals surface area contributed by atoms with Crippen LogP contribution in [0.1, 0.15) is 11.1 Å². The largest absolute Gasteiger partial charge is 0.485 e. The summed E-state index contributed by atoms with van der Waals surface area (Å²) in [5, 5.41) is 3.54. The van der Waals surface area contributed by atoms with E-state index in [9.17, 15) is 4.39 Å². The second kappa shape index (κ2) is 9.66. The van der Waals surface area contributed by atoms with Gasteiger partial charge in [-0.3, -0.25) is 10.2 Å². The molecule has 0 fully saturated rings. The maximum absolute atomic E-state index is 13.4. The lowest BCUT2D eigenvalue weighted by Gasteiger charge is -2.14. The molecule has 0 aliphatic heterocycles. The Labute approximate surface area is 139 Å². The molecule has 0 spiro atoms. The number of para-hydroxylation sites is 1. The van der Waals surface area contributed by atoms with Crippen LogP contribution in [0.15, 0.2) is 36.4 Å². The molecule has 0 saturated carbocycles. The predicted molar refractivity (Wildman–Crippen MR) is 89.9 cm³/mol. The molecule has 0 aliphatic rings. The first kappa shape index (κ1) is 18.7. The number of ether oxygens (including phenoxy) is 1. The topological polar surface area (TPSA) is 76.4 Å². The van der Waals surface area contributed by atoms with Crippen LogP contribution in [-0.2, 0) is 11.4 Å². The summed E-state index contributed by atoms with van der Waals surface area (Å²) < 4.78 is 19.2. The number of carbonyl (C=O) groups excluding carboxylic acids is 1. The first-order chi connectivity index (χ1) is 11.0. The van der Waals surface area contributed by atoms with E-state index in [2.05, 4.69) is 11.2 Å². The number of anilines is 1. The van der Waals surface area contributed by atoms with E-state index in [4.69, 9.17) is 21.1 Å². The van der Waals surface area contributed by atoms with Crippen molar-refractivity contribution in [1.29, 1.82) is 0 Å². The molecule has 2 aromatic rings. The highest BCUT2D eigenvalue weighted by Crippen LogP contribution is 2.33. The van der Waals surface area contributed by atoms with Crippen LogP contribution in [0.5, 0.6) is 5.75 Å². The third-order valence-corrected chi connectivity index (χ3v) is 3.35.